The van der Waals surface area contributed by atoms with Crippen LogP contribution in [-0.2, 0) is 16.6 Å². The van der Waals surface area contributed by atoms with Gasteiger partial charge in [0.15, 0.2) is 0 Å². The second-order valence-electron chi connectivity index (χ2n) is 5.53. The van der Waals surface area contributed by atoms with E-state index in [2.05, 4.69) is 40.7 Å². The number of nitrogens with one attached hydrogen (secondary N) is 1. The maximum absolute atomic E-state index is 5.94. The number of thiazole rings is 1. The van der Waals surface area contributed by atoms with Gasteiger partial charge in [0.05, 0.1) is 5.51 Å². The summed E-state index contributed by atoms with van der Waals surface area (Å²) in [6.07, 6.45) is 4.82. The number of benzene rings is 1. The Labute approximate surface area is 129 Å². The van der Waals surface area contributed by atoms with Crippen molar-refractivity contribution in [3.63, 3.8) is 0 Å². The third-order valence-electron chi connectivity index (χ3n) is 4.49. The molecule has 112 valence electrons. The molecular formula is C16H21N3OS. The quantitative estimate of drug-likeness (QED) is 0.657. The fraction of sp³-hybridized carbons (Fsp3) is 0.438. The van der Waals surface area contributed by atoms with Gasteiger partial charge < -0.3 is 4.74 Å². The van der Waals surface area contributed by atoms with Gasteiger partial charge in [-0.05, 0) is 18.4 Å². The summed E-state index contributed by atoms with van der Waals surface area (Å²) in [5.74, 6) is 5.94. The summed E-state index contributed by atoms with van der Waals surface area (Å²) >= 11 is 1.69. The predicted octanol–water partition coefficient (Wildman–Crippen LogP) is 2.27. The molecule has 0 radical (unpaired) electrons. The number of hydrazine groups is 1. The SMILES string of the molecule is NNC(Cc1cncs1)C1(c2ccccc2)CCOCC1. The Balaban J connectivity index is 1.93. The Morgan fingerprint density at radius 3 is 2.67 bits per heavy atom. The largest absolute Gasteiger partial charge is 0.381 e. The fourth-order valence-electron chi connectivity index (χ4n) is 3.30. The van der Waals surface area contributed by atoms with Gasteiger partial charge in [0, 0.05) is 42.2 Å². The topological polar surface area (TPSA) is 60.2 Å². The minimum absolute atomic E-state index is 0.0260. The van der Waals surface area contributed by atoms with E-state index in [-0.39, 0.29) is 11.5 Å². The molecule has 0 amide bonds. The molecule has 2 heterocycles. The summed E-state index contributed by atoms with van der Waals surface area (Å²) in [6.45, 7) is 1.57. The van der Waals surface area contributed by atoms with Gasteiger partial charge in [-0.3, -0.25) is 16.3 Å². The van der Waals surface area contributed by atoms with Crippen LogP contribution in [0.15, 0.2) is 42.0 Å². The van der Waals surface area contributed by atoms with Crippen molar-refractivity contribution < 1.29 is 4.74 Å². The van der Waals surface area contributed by atoms with E-state index < -0.39 is 0 Å². The molecule has 1 aromatic heterocycles. The zero-order chi connectivity index (χ0) is 14.5. The van der Waals surface area contributed by atoms with Gasteiger partial charge >= 0.3 is 0 Å². The molecule has 1 aliphatic rings. The Kier molecular flexibility index (Phi) is 4.65. The Bertz CT molecular complexity index is 538. The van der Waals surface area contributed by atoms with Gasteiger partial charge in [-0.2, -0.15) is 0 Å². The predicted molar refractivity (Wildman–Crippen MR) is 85.1 cm³/mol. The lowest BCUT2D eigenvalue weighted by molar-refractivity contribution is 0.0344. The molecule has 3 N–H and O–H groups in total. The number of rotatable bonds is 5. The summed E-state index contributed by atoms with van der Waals surface area (Å²) in [4.78, 5) is 5.44. The molecule has 21 heavy (non-hydrogen) atoms. The lowest BCUT2D eigenvalue weighted by Crippen LogP contribution is -2.54. The van der Waals surface area contributed by atoms with Crippen LogP contribution in [-0.4, -0.2) is 24.2 Å². The molecule has 0 bridgehead atoms. The van der Waals surface area contributed by atoms with Crippen LogP contribution in [0, 0.1) is 0 Å². The molecule has 1 aromatic carbocycles. The van der Waals surface area contributed by atoms with Crippen LogP contribution in [0.4, 0.5) is 0 Å². The van der Waals surface area contributed by atoms with Gasteiger partial charge in [0.25, 0.3) is 0 Å². The third-order valence-corrected chi connectivity index (χ3v) is 5.29. The molecule has 0 spiro atoms. The number of nitrogens with two attached hydrogens (primary N) is 1. The monoisotopic (exact) mass is 303 g/mol. The lowest BCUT2D eigenvalue weighted by Gasteiger charge is -2.43. The highest BCUT2D eigenvalue weighted by atomic mass is 32.1. The van der Waals surface area contributed by atoms with Crippen molar-refractivity contribution in [3.8, 4) is 0 Å². The Morgan fingerprint density at radius 1 is 1.29 bits per heavy atom. The Morgan fingerprint density at radius 2 is 2.05 bits per heavy atom. The van der Waals surface area contributed by atoms with Crippen molar-refractivity contribution in [1.29, 1.82) is 0 Å². The number of nitrogens with zero attached hydrogens (tertiary/aromatic N) is 1. The van der Waals surface area contributed by atoms with Crippen molar-refractivity contribution in [3.05, 3.63) is 52.5 Å². The highest BCUT2D eigenvalue weighted by Crippen LogP contribution is 2.39. The third kappa shape index (κ3) is 3.01. The normalized spacial score (nSPS) is 19.3. The maximum atomic E-state index is 5.94. The average molecular weight is 303 g/mol. The molecule has 1 fully saturated rings. The van der Waals surface area contributed by atoms with Gasteiger partial charge in [0.2, 0.25) is 0 Å². The average Bonchev–Trinajstić information content (AvgIpc) is 3.07. The number of ether oxygens (including phenoxy) is 1. The summed E-state index contributed by atoms with van der Waals surface area (Å²) in [6, 6.07) is 10.9. The lowest BCUT2D eigenvalue weighted by atomic mass is 9.68. The van der Waals surface area contributed by atoms with Crippen LogP contribution in [0.5, 0.6) is 0 Å². The molecule has 0 saturated carbocycles. The smallest absolute Gasteiger partial charge is 0.0794 e. The molecule has 2 aromatic rings. The molecule has 1 unspecified atom stereocenters. The molecular weight excluding hydrogens is 282 g/mol. The van der Waals surface area contributed by atoms with Crippen LogP contribution in [0.25, 0.3) is 0 Å². The maximum Gasteiger partial charge on any atom is 0.0794 e. The molecule has 1 saturated heterocycles. The molecule has 1 atom stereocenters. The van der Waals surface area contributed by atoms with Crippen molar-refractivity contribution in [2.45, 2.75) is 30.7 Å². The van der Waals surface area contributed by atoms with Gasteiger partial charge in [0.1, 0.15) is 0 Å². The van der Waals surface area contributed by atoms with Crippen molar-refractivity contribution in [1.82, 2.24) is 10.4 Å². The van der Waals surface area contributed by atoms with Crippen molar-refractivity contribution in [2.24, 2.45) is 5.84 Å². The van der Waals surface area contributed by atoms with E-state index in [9.17, 15) is 0 Å². The van der Waals surface area contributed by atoms with Crippen LogP contribution in [0.3, 0.4) is 0 Å². The minimum atomic E-state index is 0.0260. The van der Waals surface area contributed by atoms with E-state index in [1.807, 2.05) is 11.7 Å². The first kappa shape index (κ1) is 14.7. The first-order chi connectivity index (χ1) is 10.3. The molecule has 0 aliphatic carbocycles. The number of aromatic nitrogens is 1. The zero-order valence-corrected chi connectivity index (χ0v) is 12.8. The van der Waals surface area contributed by atoms with Crippen LogP contribution < -0.4 is 11.3 Å². The summed E-state index contributed by atoms with van der Waals surface area (Å²) in [7, 11) is 0. The van der Waals surface area contributed by atoms with Crippen molar-refractivity contribution in [2.75, 3.05) is 13.2 Å². The molecule has 3 rings (SSSR count). The first-order valence-electron chi connectivity index (χ1n) is 7.32. The second kappa shape index (κ2) is 6.66. The Hall–Kier alpha value is -1.27. The molecule has 5 heteroatoms. The van der Waals surface area contributed by atoms with E-state index >= 15 is 0 Å². The minimum Gasteiger partial charge on any atom is -0.381 e. The van der Waals surface area contributed by atoms with E-state index in [4.69, 9.17) is 10.6 Å². The van der Waals surface area contributed by atoms with Gasteiger partial charge in [-0.15, -0.1) is 11.3 Å². The zero-order valence-electron chi connectivity index (χ0n) is 12.0. The van der Waals surface area contributed by atoms with Gasteiger partial charge in [-0.1, -0.05) is 30.3 Å². The number of hydrogen-bond donors (Lipinski definition) is 2. The summed E-state index contributed by atoms with van der Waals surface area (Å²) in [5.41, 5.74) is 6.32. The highest BCUT2D eigenvalue weighted by molar-refractivity contribution is 7.09. The van der Waals surface area contributed by atoms with E-state index in [1.54, 1.807) is 11.3 Å². The van der Waals surface area contributed by atoms with Gasteiger partial charge in [-0.25, -0.2) is 0 Å². The van der Waals surface area contributed by atoms with E-state index in [0.717, 1.165) is 32.5 Å². The second-order valence-corrected chi connectivity index (χ2v) is 6.50. The highest BCUT2D eigenvalue weighted by Gasteiger charge is 2.41. The molecule has 1 aliphatic heterocycles. The van der Waals surface area contributed by atoms with E-state index in [0.29, 0.717) is 0 Å². The first-order valence-corrected chi connectivity index (χ1v) is 8.20. The fourth-order valence-corrected chi connectivity index (χ4v) is 3.94. The van der Waals surface area contributed by atoms with Crippen LogP contribution in [0.1, 0.15) is 23.3 Å². The number of hydrogen-bond acceptors (Lipinski definition) is 5. The van der Waals surface area contributed by atoms with E-state index in [1.165, 1.54) is 10.4 Å². The summed E-state index contributed by atoms with van der Waals surface area (Å²) < 4.78 is 5.60. The standard InChI is InChI=1S/C16H21N3OS/c17-19-15(10-14-11-18-12-21-14)16(6-8-20-9-7-16)13-4-2-1-3-5-13/h1-5,11-12,15,19H,6-10,17H2. The van der Waals surface area contributed by atoms with Crippen LogP contribution in [0.2, 0.25) is 0 Å². The van der Waals surface area contributed by atoms with Crippen molar-refractivity contribution >= 4 is 11.3 Å². The van der Waals surface area contributed by atoms with Crippen LogP contribution >= 0.6 is 11.3 Å². The molecule has 4 nitrogen and oxygen atoms in total. The summed E-state index contributed by atoms with van der Waals surface area (Å²) in [5, 5.41) is 0.